The number of nitrogens with two attached hydrogens (primary N) is 1. The van der Waals surface area contributed by atoms with Crippen LogP contribution in [0.3, 0.4) is 0 Å². The molecule has 1 amide bonds. The number of carbonyl (C=O) groups excluding carboxylic acids is 1. The van der Waals surface area contributed by atoms with Crippen LogP contribution in [0.1, 0.15) is 29.6 Å². The maximum Gasteiger partial charge on any atom is 0.254 e. The third-order valence-corrected chi connectivity index (χ3v) is 4.12. The molecule has 0 aliphatic heterocycles. The van der Waals surface area contributed by atoms with Crippen LogP contribution in [0, 0.1) is 11.6 Å². The molecule has 0 saturated heterocycles. The number of hydrogen-bond donors (Lipinski definition) is 2. The van der Waals surface area contributed by atoms with Crippen molar-refractivity contribution in [1.29, 1.82) is 0 Å². The Labute approximate surface area is 116 Å². The minimum atomic E-state index is -0.878. The van der Waals surface area contributed by atoms with Gasteiger partial charge in [-0.15, -0.1) is 0 Å². The predicted octanol–water partition coefficient (Wildman–Crippen LogP) is 1.76. The molecule has 1 aromatic carbocycles. The summed E-state index contributed by atoms with van der Waals surface area (Å²) in [6.07, 6.45) is 3.07. The zero-order valence-corrected chi connectivity index (χ0v) is 11.7. The van der Waals surface area contributed by atoms with Gasteiger partial charge in [0, 0.05) is 12.1 Å². The molecule has 4 nitrogen and oxygen atoms in total. The normalized spacial score (nSPS) is 16.9. The number of halogens is 2. The largest absolute Gasteiger partial charge is 0.396 e. The Balaban J connectivity index is 2.09. The van der Waals surface area contributed by atoms with Crippen molar-refractivity contribution in [3.05, 3.63) is 29.3 Å². The molecule has 1 aromatic rings. The number of nitrogens with zero attached hydrogens (tertiary/aromatic N) is 1. The van der Waals surface area contributed by atoms with Gasteiger partial charge in [0.15, 0.2) is 5.82 Å². The van der Waals surface area contributed by atoms with Gasteiger partial charge in [-0.3, -0.25) is 4.79 Å². The van der Waals surface area contributed by atoms with E-state index in [4.69, 9.17) is 5.73 Å². The topological polar surface area (TPSA) is 58.4 Å². The highest BCUT2D eigenvalue weighted by Gasteiger charge is 2.39. The summed E-state index contributed by atoms with van der Waals surface area (Å²) in [6, 6.07) is 1.73. The van der Waals surface area contributed by atoms with Crippen molar-refractivity contribution >= 4 is 11.6 Å². The van der Waals surface area contributed by atoms with E-state index in [9.17, 15) is 13.6 Å². The number of likely N-dealkylation sites (N-methyl/N-ethyl adjacent to an activating group) is 1. The molecule has 3 N–H and O–H groups in total. The first kappa shape index (κ1) is 14.7. The van der Waals surface area contributed by atoms with Crippen LogP contribution in [-0.2, 0) is 0 Å². The fraction of sp³-hybridized carbons (Fsp3) is 0.500. The van der Waals surface area contributed by atoms with Crippen LogP contribution in [0.15, 0.2) is 12.1 Å². The molecular weight excluding hydrogens is 264 g/mol. The molecule has 0 atom stereocenters. The second-order valence-electron chi connectivity index (χ2n) is 5.51. The van der Waals surface area contributed by atoms with Crippen molar-refractivity contribution in [3.8, 4) is 0 Å². The first-order valence-electron chi connectivity index (χ1n) is 6.56. The highest BCUT2D eigenvalue weighted by Crippen LogP contribution is 2.35. The molecule has 1 aliphatic rings. The average molecular weight is 283 g/mol. The molecule has 0 unspecified atom stereocenters. The Morgan fingerprint density at radius 3 is 2.55 bits per heavy atom. The fourth-order valence-corrected chi connectivity index (χ4v) is 2.48. The summed E-state index contributed by atoms with van der Waals surface area (Å²) < 4.78 is 27.0. The smallest absolute Gasteiger partial charge is 0.254 e. The molecule has 110 valence electrons. The van der Waals surface area contributed by atoms with E-state index < -0.39 is 17.5 Å². The third-order valence-electron chi connectivity index (χ3n) is 4.12. The Morgan fingerprint density at radius 2 is 2.05 bits per heavy atom. The fourth-order valence-electron chi connectivity index (χ4n) is 2.48. The maximum absolute atomic E-state index is 13.7. The number of nitrogen functional groups attached to an aromatic ring is 1. The number of amides is 1. The van der Waals surface area contributed by atoms with Gasteiger partial charge in [0.25, 0.3) is 5.91 Å². The number of rotatable bonds is 4. The van der Waals surface area contributed by atoms with E-state index in [0.29, 0.717) is 6.54 Å². The Kier molecular flexibility index (Phi) is 3.94. The molecular formula is C14H19F2N3O. The number of benzene rings is 1. The molecule has 0 bridgehead atoms. The number of hydrogen-bond acceptors (Lipinski definition) is 3. The van der Waals surface area contributed by atoms with Crippen LogP contribution in [0.25, 0.3) is 0 Å². The van der Waals surface area contributed by atoms with Crippen LogP contribution >= 0.6 is 0 Å². The van der Waals surface area contributed by atoms with E-state index in [0.717, 1.165) is 31.4 Å². The van der Waals surface area contributed by atoms with Crippen molar-refractivity contribution in [2.75, 3.05) is 26.4 Å². The Morgan fingerprint density at radius 1 is 1.40 bits per heavy atom. The average Bonchev–Trinajstić information content (AvgIpc) is 2.31. The van der Waals surface area contributed by atoms with Crippen molar-refractivity contribution in [3.63, 3.8) is 0 Å². The zero-order chi connectivity index (χ0) is 14.9. The summed E-state index contributed by atoms with van der Waals surface area (Å²) in [5, 5.41) is 2.68. The second-order valence-corrected chi connectivity index (χ2v) is 5.51. The molecule has 6 heteroatoms. The lowest BCUT2D eigenvalue weighted by Gasteiger charge is -2.47. The van der Waals surface area contributed by atoms with Crippen LogP contribution in [0.2, 0.25) is 0 Å². The quantitative estimate of drug-likeness (QED) is 0.828. The molecule has 1 saturated carbocycles. The van der Waals surface area contributed by atoms with Crippen LogP contribution in [-0.4, -0.2) is 37.0 Å². The monoisotopic (exact) mass is 283 g/mol. The van der Waals surface area contributed by atoms with Gasteiger partial charge >= 0.3 is 0 Å². The van der Waals surface area contributed by atoms with Gasteiger partial charge in [0.1, 0.15) is 5.82 Å². The highest BCUT2D eigenvalue weighted by atomic mass is 19.1. The van der Waals surface area contributed by atoms with Crippen LogP contribution < -0.4 is 11.1 Å². The van der Waals surface area contributed by atoms with Crippen molar-refractivity contribution in [1.82, 2.24) is 10.2 Å². The van der Waals surface area contributed by atoms with Crippen molar-refractivity contribution in [2.24, 2.45) is 0 Å². The standard InChI is InChI=1S/C14H19F2N3O/c1-19(2)14(4-3-5-14)8-18-13(20)10-6-9(15)7-11(17)12(10)16/h6-7H,3-5,8,17H2,1-2H3,(H,18,20). The minimum absolute atomic E-state index is 0.0784. The summed E-state index contributed by atoms with van der Waals surface area (Å²) in [7, 11) is 3.90. The second kappa shape index (κ2) is 5.36. The van der Waals surface area contributed by atoms with Gasteiger partial charge in [-0.1, -0.05) is 0 Å². The van der Waals surface area contributed by atoms with Gasteiger partial charge in [-0.05, 0) is 45.5 Å². The van der Waals surface area contributed by atoms with Crippen molar-refractivity contribution < 1.29 is 13.6 Å². The lowest BCUT2D eigenvalue weighted by molar-refractivity contribution is 0.0556. The van der Waals surface area contributed by atoms with E-state index in [2.05, 4.69) is 10.2 Å². The summed E-state index contributed by atoms with van der Waals surface area (Å²) >= 11 is 0. The molecule has 2 rings (SSSR count). The van der Waals surface area contributed by atoms with Gasteiger partial charge < -0.3 is 16.0 Å². The van der Waals surface area contributed by atoms with Gasteiger partial charge in [-0.2, -0.15) is 0 Å². The zero-order valence-electron chi connectivity index (χ0n) is 11.7. The molecule has 20 heavy (non-hydrogen) atoms. The third kappa shape index (κ3) is 2.60. The summed E-state index contributed by atoms with van der Waals surface area (Å²) in [5.41, 5.74) is 4.53. The maximum atomic E-state index is 13.7. The van der Waals surface area contributed by atoms with E-state index in [1.807, 2.05) is 14.1 Å². The summed E-state index contributed by atoms with van der Waals surface area (Å²) in [6.45, 7) is 0.411. The number of carbonyl (C=O) groups is 1. The highest BCUT2D eigenvalue weighted by molar-refractivity contribution is 5.95. The van der Waals surface area contributed by atoms with Gasteiger partial charge in [0.2, 0.25) is 0 Å². The number of anilines is 1. The predicted molar refractivity (Wildman–Crippen MR) is 73.4 cm³/mol. The molecule has 1 fully saturated rings. The SMILES string of the molecule is CN(C)C1(CNC(=O)c2cc(F)cc(N)c2F)CCC1. The van der Waals surface area contributed by atoms with Crippen LogP contribution in [0.5, 0.6) is 0 Å². The van der Waals surface area contributed by atoms with E-state index in [1.165, 1.54) is 0 Å². The lowest BCUT2D eigenvalue weighted by Crippen LogP contribution is -2.57. The lowest BCUT2D eigenvalue weighted by atomic mass is 9.75. The molecule has 0 radical (unpaired) electrons. The first-order chi connectivity index (χ1) is 9.35. The number of nitrogens with one attached hydrogen (secondary N) is 1. The molecule has 0 spiro atoms. The molecule has 0 heterocycles. The van der Waals surface area contributed by atoms with Crippen molar-refractivity contribution in [2.45, 2.75) is 24.8 Å². The first-order valence-corrected chi connectivity index (χ1v) is 6.56. The Bertz CT molecular complexity index is 527. The molecule has 1 aliphatic carbocycles. The molecule has 0 aromatic heterocycles. The van der Waals surface area contributed by atoms with E-state index >= 15 is 0 Å². The van der Waals surface area contributed by atoms with Gasteiger partial charge in [0.05, 0.1) is 11.3 Å². The Hall–Kier alpha value is -1.69. The van der Waals surface area contributed by atoms with E-state index in [1.54, 1.807) is 0 Å². The van der Waals surface area contributed by atoms with Crippen LogP contribution in [0.4, 0.5) is 14.5 Å². The minimum Gasteiger partial charge on any atom is -0.396 e. The summed E-state index contributed by atoms with van der Waals surface area (Å²) in [5.74, 6) is -2.24. The summed E-state index contributed by atoms with van der Waals surface area (Å²) in [4.78, 5) is 14.0. The van der Waals surface area contributed by atoms with E-state index in [-0.39, 0.29) is 16.8 Å². The van der Waals surface area contributed by atoms with Gasteiger partial charge in [-0.25, -0.2) is 8.78 Å².